The largest absolute Gasteiger partial charge is 0.444 e. The highest BCUT2D eigenvalue weighted by atomic mass is 32.2. The maximum absolute atomic E-state index is 11.6. The van der Waals surface area contributed by atoms with E-state index in [0.29, 0.717) is 5.56 Å². The van der Waals surface area contributed by atoms with Crippen molar-refractivity contribution in [3.8, 4) is 0 Å². The second-order valence-electron chi connectivity index (χ2n) is 7.88. The minimum absolute atomic E-state index is 0.0241. The van der Waals surface area contributed by atoms with E-state index in [1.165, 1.54) is 12.1 Å². The van der Waals surface area contributed by atoms with Gasteiger partial charge in [-0.25, -0.2) is 4.79 Å². The van der Waals surface area contributed by atoms with Crippen molar-refractivity contribution in [1.82, 2.24) is 5.32 Å². The third-order valence-corrected chi connectivity index (χ3v) is 4.44. The van der Waals surface area contributed by atoms with Gasteiger partial charge in [-0.2, -0.15) is 0 Å². The van der Waals surface area contributed by atoms with E-state index in [9.17, 15) is 25.0 Å². The number of amides is 1. The van der Waals surface area contributed by atoms with E-state index in [1.54, 1.807) is 20.8 Å². The van der Waals surface area contributed by atoms with Crippen molar-refractivity contribution in [3.05, 3.63) is 37.9 Å². The quantitative estimate of drug-likeness (QED) is 0.325. The maximum Gasteiger partial charge on any atom is 0.407 e. The lowest BCUT2D eigenvalue weighted by Gasteiger charge is -2.20. The van der Waals surface area contributed by atoms with E-state index >= 15 is 0 Å². The number of nitro groups is 2. The van der Waals surface area contributed by atoms with Crippen LogP contribution in [0.4, 0.5) is 16.2 Å². The second kappa shape index (κ2) is 8.55. The summed E-state index contributed by atoms with van der Waals surface area (Å²) in [6.45, 7) is 10.8. The van der Waals surface area contributed by atoms with Gasteiger partial charge in [0, 0.05) is 24.4 Å². The molecule has 0 saturated heterocycles. The van der Waals surface area contributed by atoms with Crippen molar-refractivity contribution in [3.63, 3.8) is 0 Å². The monoisotopic (exact) mass is 399 g/mol. The predicted molar refractivity (Wildman–Crippen MR) is 103 cm³/mol. The van der Waals surface area contributed by atoms with Crippen molar-refractivity contribution in [2.75, 3.05) is 12.3 Å². The summed E-state index contributed by atoms with van der Waals surface area (Å²) in [6, 6.07) is 2.74. The SMILES string of the molecule is CC(C)(C)OC(=O)NCCSc1c([N+](=O)[O-])cc(C(C)(C)C)cc1[N+](=O)[O-]. The standard InChI is InChI=1S/C17H25N3O6S/c1-16(2,3)11-9-12(19(22)23)14(13(10-11)20(24)25)27-8-7-18-15(21)26-17(4,5)6/h9-10H,7-8H2,1-6H3,(H,18,21). The van der Waals surface area contributed by atoms with Gasteiger partial charge in [-0.3, -0.25) is 20.2 Å². The lowest BCUT2D eigenvalue weighted by molar-refractivity contribution is -0.399. The number of thioether (sulfide) groups is 1. The molecule has 1 amide bonds. The highest BCUT2D eigenvalue weighted by Crippen LogP contribution is 2.41. The fourth-order valence-corrected chi connectivity index (χ4v) is 3.04. The summed E-state index contributed by atoms with van der Waals surface area (Å²) in [5, 5.41) is 25.4. The summed E-state index contributed by atoms with van der Waals surface area (Å²) >= 11 is 0.956. The summed E-state index contributed by atoms with van der Waals surface area (Å²) in [5.74, 6) is 0.218. The van der Waals surface area contributed by atoms with Crippen molar-refractivity contribution in [2.24, 2.45) is 0 Å². The average molecular weight is 399 g/mol. The smallest absolute Gasteiger partial charge is 0.407 e. The molecule has 1 aromatic rings. The van der Waals surface area contributed by atoms with Gasteiger partial charge in [0.05, 0.1) is 9.85 Å². The number of hydrogen-bond acceptors (Lipinski definition) is 7. The molecule has 150 valence electrons. The third-order valence-electron chi connectivity index (χ3n) is 3.33. The highest BCUT2D eigenvalue weighted by molar-refractivity contribution is 7.99. The lowest BCUT2D eigenvalue weighted by Crippen LogP contribution is -2.33. The molecule has 0 heterocycles. The van der Waals surface area contributed by atoms with Crippen LogP contribution in [0.5, 0.6) is 0 Å². The molecule has 9 nitrogen and oxygen atoms in total. The van der Waals surface area contributed by atoms with E-state index in [1.807, 2.05) is 20.8 Å². The number of rotatable bonds is 6. The number of carbonyl (C=O) groups excluding carboxylic acids is 1. The number of benzene rings is 1. The van der Waals surface area contributed by atoms with E-state index in [2.05, 4.69) is 5.32 Å². The first kappa shape index (κ1) is 22.7. The first-order chi connectivity index (χ1) is 12.2. The van der Waals surface area contributed by atoms with Gasteiger partial charge in [0.15, 0.2) is 4.90 Å². The number of nitro benzene ring substituents is 2. The molecule has 1 N–H and O–H groups in total. The fraction of sp³-hybridized carbons (Fsp3) is 0.588. The zero-order valence-electron chi connectivity index (χ0n) is 16.3. The van der Waals surface area contributed by atoms with Gasteiger partial charge in [-0.1, -0.05) is 20.8 Å². The Hall–Kier alpha value is -2.36. The molecule has 0 spiro atoms. The minimum atomic E-state index is -0.641. The number of carbonyl (C=O) groups is 1. The Bertz CT molecular complexity index is 702. The molecule has 0 atom stereocenters. The van der Waals surface area contributed by atoms with Crippen LogP contribution >= 0.6 is 11.8 Å². The average Bonchev–Trinajstić information content (AvgIpc) is 2.47. The molecule has 0 aromatic heterocycles. The molecule has 0 bridgehead atoms. The Morgan fingerprint density at radius 1 is 1.07 bits per heavy atom. The maximum atomic E-state index is 11.6. The van der Waals surface area contributed by atoms with Gasteiger partial charge in [-0.05, 0) is 31.7 Å². The third kappa shape index (κ3) is 7.05. The summed E-state index contributed by atoms with van der Waals surface area (Å²) in [7, 11) is 0. The molecule has 10 heteroatoms. The summed E-state index contributed by atoms with van der Waals surface area (Å²) in [4.78, 5) is 33.3. The van der Waals surface area contributed by atoms with Crippen molar-refractivity contribution < 1.29 is 19.4 Å². The van der Waals surface area contributed by atoms with Gasteiger partial charge < -0.3 is 10.1 Å². The molecular formula is C17H25N3O6S. The molecule has 1 rings (SSSR count). The van der Waals surface area contributed by atoms with Gasteiger partial charge in [-0.15, -0.1) is 11.8 Å². The van der Waals surface area contributed by atoms with Crippen molar-refractivity contribution in [2.45, 2.75) is 57.5 Å². The molecule has 0 fully saturated rings. The number of ether oxygens (including phenoxy) is 1. The topological polar surface area (TPSA) is 125 Å². The van der Waals surface area contributed by atoms with Crippen molar-refractivity contribution >= 4 is 29.2 Å². The van der Waals surface area contributed by atoms with Crippen molar-refractivity contribution in [1.29, 1.82) is 0 Å². The summed E-state index contributed by atoms with van der Waals surface area (Å²) in [6.07, 6.45) is -0.616. The van der Waals surface area contributed by atoms with Crippen LogP contribution in [0.2, 0.25) is 0 Å². The van der Waals surface area contributed by atoms with Crippen LogP contribution in [-0.2, 0) is 10.2 Å². The van der Waals surface area contributed by atoms with E-state index < -0.39 is 27.0 Å². The van der Waals surface area contributed by atoms with Crippen LogP contribution in [-0.4, -0.2) is 33.8 Å². The number of hydrogen-bond donors (Lipinski definition) is 1. The zero-order valence-corrected chi connectivity index (χ0v) is 17.1. The van der Waals surface area contributed by atoms with Crippen LogP contribution in [0.25, 0.3) is 0 Å². The molecule has 0 aliphatic rings. The molecule has 0 aliphatic carbocycles. The predicted octanol–water partition coefficient (Wildman–Crippen LogP) is 4.42. The normalized spacial score (nSPS) is 11.8. The number of nitrogens with zero attached hydrogens (tertiary/aromatic N) is 2. The highest BCUT2D eigenvalue weighted by Gasteiger charge is 2.30. The Balaban J connectivity index is 3.01. The van der Waals surface area contributed by atoms with Crippen LogP contribution in [0, 0.1) is 20.2 Å². The Morgan fingerprint density at radius 3 is 1.93 bits per heavy atom. The molecule has 0 saturated carbocycles. The first-order valence-corrected chi connectivity index (χ1v) is 9.28. The molecule has 0 radical (unpaired) electrons. The fourth-order valence-electron chi connectivity index (χ4n) is 2.07. The molecule has 27 heavy (non-hydrogen) atoms. The van der Waals surface area contributed by atoms with Crippen LogP contribution < -0.4 is 5.32 Å². The zero-order chi connectivity index (χ0) is 21.0. The second-order valence-corrected chi connectivity index (χ2v) is 8.99. The van der Waals surface area contributed by atoms with Gasteiger partial charge in [0.2, 0.25) is 0 Å². The Labute approximate surface area is 162 Å². The summed E-state index contributed by atoms with van der Waals surface area (Å²) in [5.41, 5.74) is -1.22. The number of alkyl carbamates (subject to hydrolysis) is 1. The van der Waals surface area contributed by atoms with Crippen LogP contribution in [0.3, 0.4) is 0 Å². The lowest BCUT2D eigenvalue weighted by atomic mass is 9.86. The van der Waals surface area contributed by atoms with Gasteiger partial charge in [0.1, 0.15) is 5.60 Å². The Morgan fingerprint density at radius 2 is 1.56 bits per heavy atom. The molecular weight excluding hydrogens is 374 g/mol. The molecule has 0 unspecified atom stereocenters. The van der Waals surface area contributed by atoms with E-state index in [0.717, 1.165) is 11.8 Å². The van der Waals surface area contributed by atoms with Crippen LogP contribution in [0.1, 0.15) is 47.1 Å². The first-order valence-electron chi connectivity index (χ1n) is 8.29. The van der Waals surface area contributed by atoms with Crippen LogP contribution in [0.15, 0.2) is 17.0 Å². The number of nitrogens with one attached hydrogen (secondary N) is 1. The Kier molecular flexibility index (Phi) is 7.18. The van der Waals surface area contributed by atoms with Gasteiger partial charge >= 0.3 is 6.09 Å². The van der Waals surface area contributed by atoms with E-state index in [-0.39, 0.29) is 28.6 Å². The molecule has 1 aromatic carbocycles. The minimum Gasteiger partial charge on any atom is -0.444 e. The summed E-state index contributed by atoms with van der Waals surface area (Å²) < 4.78 is 5.09. The molecule has 0 aliphatic heterocycles. The van der Waals surface area contributed by atoms with Gasteiger partial charge in [0.25, 0.3) is 11.4 Å². The van der Waals surface area contributed by atoms with E-state index in [4.69, 9.17) is 4.74 Å².